The molecule has 0 N–H and O–H groups in total. The first-order chi connectivity index (χ1) is 34.5. The summed E-state index contributed by atoms with van der Waals surface area (Å²) < 4.78 is 16.9. The van der Waals surface area contributed by atoms with Gasteiger partial charge >= 0.3 is 17.9 Å². The highest BCUT2D eigenvalue weighted by Crippen LogP contribution is 2.18. The summed E-state index contributed by atoms with van der Waals surface area (Å²) in [4.78, 5) is 38.2. The normalized spacial score (nSPS) is 12.0. The van der Waals surface area contributed by atoms with Crippen LogP contribution in [0.3, 0.4) is 0 Å². The molecule has 1 atom stereocenters. The lowest BCUT2D eigenvalue weighted by Crippen LogP contribution is -2.30. The summed E-state index contributed by atoms with van der Waals surface area (Å²) in [5, 5.41) is 0. The van der Waals surface area contributed by atoms with E-state index in [9.17, 15) is 14.4 Å². The van der Waals surface area contributed by atoms with Crippen molar-refractivity contribution in [1.29, 1.82) is 0 Å². The molecule has 0 aromatic carbocycles. The SMILES string of the molecule is CCCC/C=C\CCCCCCCC(=O)OCC(COC(=O)CCCCCCCCCCCCCCCCCCCCCCCCCC)OC(=O)CCCCCCCCCCCCCCCCCCC. The van der Waals surface area contributed by atoms with Crippen molar-refractivity contribution in [3.05, 3.63) is 12.2 Å². The number of hydrogen-bond acceptors (Lipinski definition) is 6. The van der Waals surface area contributed by atoms with Gasteiger partial charge in [-0.2, -0.15) is 0 Å². The average molecular weight is 988 g/mol. The van der Waals surface area contributed by atoms with Crippen molar-refractivity contribution >= 4 is 17.9 Å². The van der Waals surface area contributed by atoms with Crippen LogP contribution in [0, 0.1) is 0 Å². The minimum Gasteiger partial charge on any atom is -0.462 e. The molecule has 0 saturated heterocycles. The van der Waals surface area contributed by atoms with Crippen LogP contribution < -0.4 is 0 Å². The smallest absolute Gasteiger partial charge is 0.306 e. The van der Waals surface area contributed by atoms with Gasteiger partial charge in [-0.25, -0.2) is 0 Å². The van der Waals surface area contributed by atoms with E-state index < -0.39 is 6.10 Å². The Morgan fingerprint density at radius 2 is 0.486 bits per heavy atom. The van der Waals surface area contributed by atoms with Crippen LogP contribution in [0.4, 0.5) is 0 Å². The first-order valence-electron chi connectivity index (χ1n) is 31.7. The monoisotopic (exact) mass is 987 g/mol. The van der Waals surface area contributed by atoms with Crippen LogP contribution in [0.2, 0.25) is 0 Å². The van der Waals surface area contributed by atoms with Crippen LogP contribution in [-0.4, -0.2) is 37.2 Å². The number of rotatable bonds is 59. The molecular weight excluding hydrogens is 865 g/mol. The number of hydrogen-bond donors (Lipinski definition) is 0. The Hall–Kier alpha value is -1.85. The van der Waals surface area contributed by atoms with Crippen molar-refractivity contribution < 1.29 is 28.6 Å². The van der Waals surface area contributed by atoms with Crippen LogP contribution in [-0.2, 0) is 28.6 Å². The Balaban J connectivity index is 4.18. The molecular formula is C64H122O6. The highest BCUT2D eigenvalue weighted by atomic mass is 16.6. The van der Waals surface area contributed by atoms with E-state index in [1.807, 2.05) is 0 Å². The van der Waals surface area contributed by atoms with Crippen LogP contribution in [0.5, 0.6) is 0 Å². The molecule has 0 heterocycles. The van der Waals surface area contributed by atoms with Crippen molar-refractivity contribution in [2.45, 2.75) is 367 Å². The average Bonchev–Trinajstić information content (AvgIpc) is 3.36. The molecule has 0 aromatic heterocycles. The Labute approximate surface area is 437 Å². The lowest BCUT2D eigenvalue weighted by molar-refractivity contribution is -0.167. The fraction of sp³-hybridized carbons (Fsp3) is 0.922. The van der Waals surface area contributed by atoms with E-state index in [4.69, 9.17) is 14.2 Å². The highest BCUT2D eigenvalue weighted by molar-refractivity contribution is 5.71. The molecule has 0 aliphatic rings. The van der Waals surface area contributed by atoms with Crippen molar-refractivity contribution in [3.8, 4) is 0 Å². The van der Waals surface area contributed by atoms with Gasteiger partial charge in [0.2, 0.25) is 0 Å². The molecule has 0 fully saturated rings. The number of carbonyl (C=O) groups is 3. The molecule has 0 amide bonds. The zero-order valence-electron chi connectivity index (χ0n) is 47.6. The van der Waals surface area contributed by atoms with Crippen molar-refractivity contribution in [1.82, 2.24) is 0 Å². The third-order valence-corrected chi connectivity index (χ3v) is 14.5. The van der Waals surface area contributed by atoms with E-state index in [1.165, 1.54) is 257 Å². The minimum absolute atomic E-state index is 0.0663. The van der Waals surface area contributed by atoms with E-state index in [2.05, 4.69) is 32.9 Å². The molecule has 0 saturated carbocycles. The number of unbranched alkanes of at least 4 members (excludes halogenated alkanes) is 46. The van der Waals surface area contributed by atoms with Gasteiger partial charge in [-0.3, -0.25) is 14.4 Å². The van der Waals surface area contributed by atoms with Crippen molar-refractivity contribution in [2.75, 3.05) is 13.2 Å². The maximum atomic E-state index is 12.9. The first kappa shape index (κ1) is 68.2. The third kappa shape index (κ3) is 57.1. The van der Waals surface area contributed by atoms with Crippen LogP contribution in [0.15, 0.2) is 12.2 Å². The summed E-state index contributed by atoms with van der Waals surface area (Å²) in [5.41, 5.74) is 0. The lowest BCUT2D eigenvalue weighted by atomic mass is 10.0. The Kier molecular flexibility index (Phi) is 58.1. The third-order valence-electron chi connectivity index (χ3n) is 14.5. The Morgan fingerprint density at radius 1 is 0.271 bits per heavy atom. The summed E-state index contributed by atoms with van der Waals surface area (Å²) >= 11 is 0. The van der Waals surface area contributed by atoms with Gasteiger partial charge in [-0.1, -0.05) is 315 Å². The van der Waals surface area contributed by atoms with Gasteiger partial charge in [0.1, 0.15) is 13.2 Å². The van der Waals surface area contributed by atoms with Gasteiger partial charge in [-0.15, -0.1) is 0 Å². The summed E-state index contributed by atoms with van der Waals surface area (Å²) in [6, 6.07) is 0. The molecule has 6 heteroatoms. The number of esters is 3. The molecule has 0 aliphatic carbocycles. The zero-order valence-corrected chi connectivity index (χ0v) is 47.6. The molecule has 1 unspecified atom stereocenters. The zero-order chi connectivity index (χ0) is 50.7. The molecule has 0 spiro atoms. The van der Waals surface area contributed by atoms with Crippen LogP contribution >= 0.6 is 0 Å². The Bertz CT molecular complexity index is 1090. The van der Waals surface area contributed by atoms with Crippen LogP contribution in [0.1, 0.15) is 361 Å². The topological polar surface area (TPSA) is 78.9 Å². The van der Waals surface area contributed by atoms with Gasteiger partial charge in [0, 0.05) is 19.3 Å². The van der Waals surface area contributed by atoms with Crippen molar-refractivity contribution in [3.63, 3.8) is 0 Å². The van der Waals surface area contributed by atoms with E-state index in [1.54, 1.807) is 0 Å². The standard InChI is InChI=1S/C64H122O6/c1-4-7-10-13-16-19-22-24-26-28-29-30-31-32-33-34-36-37-39-42-45-48-51-54-57-63(66)69-60-61(59-68-62(65)56-53-50-47-44-41-21-18-15-12-9-6-3)70-64(67)58-55-52-49-46-43-40-38-35-27-25-23-20-17-14-11-8-5-2/h15,18,61H,4-14,16-17,19-60H2,1-3H3/b18-15-. The fourth-order valence-corrected chi connectivity index (χ4v) is 9.72. The molecule has 6 nitrogen and oxygen atoms in total. The van der Waals surface area contributed by atoms with E-state index in [0.29, 0.717) is 19.3 Å². The number of allylic oxidation sites excluding steroid dienone is 2. The minimum atomic E-state index is -0.768. The van der Waals surface area contributed by atoms with Gasteiger partial charge in [-0.05, 0) is 38.5 Å². The van der Waals surface area contributed by atoms with Crippen LogP contribution in [0.25, 0.3) is 0 Å². The summed E-state index contributed by atoms with van der Waals surface area (Å²) in [6.45, 7) is 6.67. The second-order valence-electron chi connectivity index (χ2n) is 21.7. The van der Waals surface area contributed by atoms with Gasteiger partial charge in [0.25, 0.3) is 0 Å². The lowest BCUT2D eigenvalue weighted by Gasteiger charge is -2.18. The van der Waals surface area contributed by atoms with Gasteiger partial charge in [0.05, 0.1) is 0 Å². The van der Waals surface area contributed by atoms with E-state index >= 15 is 0 Å². The molecule has 0 aromatic rings. The summed E-state index contributed by atoms with van der Waals surface area (Å²) in [5.74, 6) is -0.848. The first-order valence-corrected chi connectivity index (χ1v) is 31.7. The molecule has 0 radical (unpaired) electrons. The highest BCUT2D eigenvalue weighted by Gasteiger charge is 2.19. The molecule has 0 aliphatic heterocycles. The maximum absolute atomic E-state index is 12.9. The van der Waals surface area contributed by atoms with Crippen molar-refractivity contribution in [2.24, 2.45) is 0 Å². The summed E-state index contributed by atoms with van der Waals surface area (Å²) in [6.07, 6.45) is 69.4. The summed E-state index contributed by atoms with van der Waals surface area (Å²) in [7, 11) is 0. The largest absolute Gasteiger partial charge is 0.462 e. The second kappa shape index (κ2) is 59.7. The predicted molar refractivity (Wildman–Crippen MR) is 303 cm³/mol. The second-order valence-corrected chi connectivity index (χ2v) is 21.7. The molecule has 70 heavy (non-hydrogen) atoms. The van der Waals surface area contributed by atoms with E-state index in [-0.39, 0.29) is 31.1 Å². The number of carbonyl (C=O) groups excluding carboxylic acids is 3. The van der Waals surface area contributed by atoms with E-state index in [0.717, 1.165) is 64.2 Å². The molecule has 0 bridgehead atoms. The fourth-order valence-electron chi connectivity index (χ4n) is 9.72. The van der Waals surface area contributed by atoms with Gasteiger partial charge in [0.15, 0.2) is 6.10 Å². The Morgan fingerprint density at radius 3 is 0.757 bits per heavy atom. The number of ether oxygens (including phenoxy) is 3. The van der Waals surface area contributed by atoms with Gasteiger partial charge < -0.3 is 14.2 Å². The quantitative estimate of drug-likeness (QED) is 0.0261. The maximum Gasteiger partial charge on any atom is 0.306 e. The predicted octanol–water partition coefficient (Wildman–Crippen LogP) is 21.3. The molecule has 0 rings (SSSR count). The molecule has 414 valence electrons.